The minimum atomic E-state index is -0.567. The summed E-state index contributed by atoms with van der Waals surface area (Å²) in [7, 11) is 1.33. The first-order valence-electron chi connectivity index (χ1n) is 9.93. The molecule has 156 valence electrons. The van der Waals surface area contributed by atoms with Crippen molar-refractivity contribution >= 4 is 11.8 Å². The van der Waals surface area contributed by atoms with E-state index in [1.165, 1.54) is 7.11 Å². The maximum Gasteiger partial charge on any atom is 0.331 e. The van der Waals surface area contributed by atoms with E-state index in [4.69, 9.17) is 19.7 Å². The molecule has 0 radical (unpaired) electrons. The van der Waals surface area contributed by atoms with Crippen molar-refractivity contribution in [3.63, 3.8) is 0 Å². The molecule has 2 N–H and O–H groups in total. The molecule has 4 atom stereocenters. The summed E-state index contributed by atoms with van der Waals surface area (Å²) in [6.07, 6.45) is 2.04. The number of fused-ring (bicyclic) bond motifs is 1. The van der Waals surface area contributed by atoms with Gasteiger partial charge in [-0.2, -0.15) is 0 Å². The van der Waals surface area contributed by atoms with Crippen molar-refractivity contribution in [2.24, 2.45) is 22.7 Å². The number of aliphatic hydroxyl groups excluding tert-OH is 2. The number of nitrogens with zero attached hydrogens (tertiary/aromatic N) is 1. The number of ether oxygens (including phenoxy) is 2. The fourth-order valence-corrected chi connectivity index (χ4v) is 5.40. The van der Waals surface area contributed by atoms with Gasteiger partial charge in [0.1, 0.15) is 12.4 Å². The van der Waals surface area contributed by atoms with Crippen LogP contribution in [0.5, 0.6) is 0 Å². The molecule has 0 aromatic heterocycles. The molecule has 27 heavy (non-hydrogen) atoms. The summed E-state index contributed by atoms with van der Waals surface area (Å²) in [4.78, 5) is 26.9. The molecule has 0 heterocycles. The van der Waals surface area contributed by atoms with E-state index in [2.05, 4.69) is 20.8 Å². The van der Waals surface area contributed by atoms with E-state index in [1.807, 2.05) is 4.90 Å². The first kappa shape index (κ1) is 22.3. The van der Waals surface area contributed by atoms with Crippen LogP contribution in [-0.4, -0.2) is 79.5 Å². The van der Waals surface area contributed by atoms with Crippen LogP contribution in [0, 0.1) is 22.7 Å². The van der Waals surface area contributed by atoms with E-state index < -0.39 is 11.4 Å². The van der Waals surface area contributed by atoms with Gasteiger partial charge in [-0.15, -0.1) is 0 Å². The maximum absolute atomic E-state index is 13.4. The smallest absolute Gasteiger partial charge is 0.331 e. The molecule has 2 aliphatic rings. The molecule has 0 spiro atoms. The molecule has 0 aliphatic heterocycles. The zero-order valence-electron chi connectivity index (χ0n) is 17.1. The molecular formula is C20H35NO6. The third-order valence-electron chi connectivity index (χ3n) is 6.84. The molecule has 0 saturated heterocycles. The number of methoxy groups -OCH3 is 1. The van der Waals surface area contributed by atoms with Crippen LogP contribution >= 0.6 is 0 Å². The van der Waals surface area contributed by atoms with E-state index in [0.717, 1.165) is 12.8 Å². The van der Waals surface area contributed by atoms with Gasteiger partial charge in [0.25, 0.3) is 0 Å². The molecular weight excluding hydrogens is 350 g/mol. The Morgan fingerprint density at radius 2 is 1.74 bits per heavy atom. The first-order valence-corrected chi connectivity index (χ1v) is 9.93. The Hall–Kier alpha value is -1.02. The summed E-state index contributed by atoms with van der Waals surface area (Å²) in [5, 5.41) is 18.3. The number of carbonyl (C=O) groups excluding carboxylic acids is 2. The lowest BCUT2D eigenvalue weighted by atomic mass is 9.74. The molecule has 7 heteroatoms. The average Bonchev–Trinajstić information content (AvgIpc) is 3.15. The van der Waals surface area contributed by atoms with Crippen LogP contribution in [-0.2, 0) is 19.1 Å². The van der Waals surface area contributed by atoms with Crippen LogP contribution in [0.1, 0.15) is 40.0 Å². The number of rotatable bonds is 11. The topological polar surface area (TPSA) is 96.3 Å². The second-order valence-electron chi connectivity index (χ2n) is 8.47. The second-order valence-corrected chi connectivity index (χ2v) is 8.47. The minimum absolute atomic E-state index is 0.00461. The van der Waals surface area contributed by atoms with Crippen LogP contribution in [0.2, 0.25) is 0 Å². The summed E-state index contributed by atoms with van der Waals surface area (Å²) < 4.78 is 10.7. The summed E-state index contributed by atoms with van der Waals surface area (Å²) in [5.41, 5.74) is -0.725. The Morgan fingerprint density at radius 3 is 2.30 bits per heavy atom. The quantitative estimate of drug-likeness (QED) is 0.509. The van der Waals surface area contributed by atoms with Crippen molar-refractivity contribution in [1.29, 1.82) is 0 Å². The van der Waals surface area contributed by atoms with Gasteiger partial charge in [0.2, 0.25) is 0 Å². The van der Waals surface area contributed by atoms with E-state index in [0.29, 0.717) is 26.1 Å². The lowest BCUT2D eigenvalue weighted by molar-refractivity contribution is -0.157. The van der Waals surface area contributed by atoms with E-state index >= 15 is 0 Å². The van der Waals surface area contributed by atoms with Gasteiger partial charge in [0.15, 0.2) is 0 Å². The SMILES string of the molecule is COC(=O)COC1C(C)CCC2C(C)(C)C12C(=O)CCN(CCO)CCO. The molecule has 4 unspecified atom stereocenters. The minimum Gasteiger partial charge on any atom is -0.467 e. The Balaban J connectivity index is 2.14. The lowest BCUT2D eigenvalue weighted by Gasteiger charge is -2.37. The van der Waals surface area contributed by atoms with Gasteiger partial charge in [0.05, 0.1) is 31.8 Å². The van der Waals surface area contributed by atoms with Gasteiger partial charge < -0.3 is 19.7 Å². The van der Waals surface area contributed by atoms with Gasteiger partial charge in [0, 0.05) is 26.1 Å². The number of carbonyl (C=O) groups is 2. The van der Waals surface area contributed by atoms with E-state index in [1.54, 1.807) is 0 Å². The van der Waals surface area contributed by atoms with Gasteiger partial charge in [-0.1, -0.05) is 20.8 Å². The Kier molecular flexibility index (Phi) is 7.41. The highest BCUT2D eigenvalue weighted by Crippen LogP contribution is 2.76. The third-order valence-corrected chi connectivity index (χ3v) is 6.84. The monoisotopic (exact) mass is 385 g/mol. The standard InChI is InChI=1S/C20H35NO6/c1-14-5-6-15-19(2,3)20(15,18(14)27-13-17(25)26-4)16(24)7-8-21(9-11-22)10-12-23/h14-15,18,22-23H,5-13H2,1-4H3. The Bertz CT molecular complexity index is 531. The molecule has 0 aromatic carbocycles. The normalized spacial score (nSPS) is 31.4. The molecule has 0 amide bonds. The summed E-state index contributed by atoms with van der Waals surface area (Å²) in [5.74, 6) is 0.199. The molecule has 0 aromatic rings. The second kappa shape index (κ2) is 8.99. The number of aliphatic hydroxyl groups is 2. The Labute approximate surface area is 162 Å². The fraction of sp³-hybridized carbons (Fsp3) is 0.900. The number of esters is 1. The van der Waals surface area contributed by atoms with Crippen LogP contribution in [0.3, 0.4) is 0 Å². The predicted octanol–water partition coefficient (Wildman–Crippen LogP) is 0.863. The van der Waals surface area contributed by atoms with Crippen LogP contribution < -0.4 is 0 Å². The molecule has 0 bridgehead atoms. The Morgan fingerprint density at radius 1 is 1.11 bits per heavy atom. The summed E-state index contributed by atoms with van der Waals surface area (Å²) in [6.45, 7) is 7.57. The number of hydrogen-bond donors (Lipinski definition) is 2. The van der Waals surface area contributed by atoms with Gasteiger partial charge >= 0.3 is 5.97 Å². The highest BCUT2D eigenvalue weighted by Gasteiger charge is 2.79. The average molecular weight is 386 g/mol. The van der Waals surface area contributed by atoms with Crippen molar-refractivity contribution in [1.82, 2.24) is 4.90 Å². The molecule has 2 saturated carbocycles. The van der Waals surface area contributed by atoms with Crippen molar-refractivity contribution in [2.45, 2.75) is 46.1 Å². The number of hydrogen-bond acceptors (Lipinski definition) is 7. The fourth-order valence-electron chi connectivity index (χ4n) is 5.40. The molecule has 7 nitrogen and oxygen atoms in total. The number of ketones is 1. The van der Waals surface area contributed by atoms with Crippen LogP contribution in [0.4, 0.5) is 0 Å². The maximum atomic E-state index is 13.4. The predicted molar refractivity (Wildman–Crippen MR) is 100 cm³/mol. The highest BCUT2D eigenvalue weighted by molar-refractivity contribution is 5.91. The molecule has 2 aliphatic carbocycles. The van der Waals surface area contributed by atoms with Crippen LogP contribution in [0.25, 0.3) is 0 Å². The van der Waals surface area contributed by atoms with Gasteiger partial charge in [-0.3, -0.25) is 9.69 Å². The van der Waals surface area contributed by atoms with Crippen molar-refractivity contribution in [3.8, 4) is 0 Å². The van der Waals surface area contributed by atoms with Crippen LogP contribution in [0.15, 0.2) is 0 Å². The number of Topliss-reactive ketones (excluding diaryl/α,β-unsaturated/α-hetero) is 1. The van der Waals surface area contributed by atoms with Gasteiger partial charge in [-0.25, -0.2) is 4.79 Å². The molecule has 2 fully saturated rings. The van der Waals surface area contributed by atoms with Gasteiger partial charge in [-0.05, 0) is 30.1 Å². The summed E-state index contributed by atoms with van der Waals surface area (Å²) in [6, 6.07) is 0. The van der Waals surface area contributed by atoms with E-state index in [-0.39, 0.29) is 49.0 Å². The summed E-state index contributed by atoms with van der Waals surface area (Å²) >= 11 is 0. The first-order chi connectivity index (χ1) is 12.8. The molecule has 2 rings (SSSR count). The lowest BCUT2D eigenvalue weighted by Crippen LogP contribution is -2.45. The zero-order chi connectivity index (χ0) is 20.2. The third kappa shape index (κ3) is 4.06. The van der Waals surface area contributed by atoms with Crippen molar-refractivity contribution in [3.05, 3.63) is 0 Å². The van der Waals surface area contributed by atoms with Crippen molar-refractivity contribution < 1.29 is 29.3 Å². The van der Waals surface area contributed by atoms with Crippen molar-refractivity contribution in [2.75, 3.05) is 46.6 Å². The zero-order valence-corrected chi connectivity index (χ0v) is 17.1. The van der Waals surface area contributed by atoms with E-state index in [9.17, 15) is 9.59 Å². The highest BCUT2D eigenvalue weighted by atomic mass is 16.6. The largest absolute Gasteiger partial charge is 0.467 e.